The molecule has 2 rings (SSSR count). The Kier molecular flexibility index (Phi) is 5.31. The molecule has 1 aromatic rings. The molecule has 1 aliphatic heterocycles. The number of carboxylic acids is 1. The molecule has 7 nitrogen and oxygen atoms in total. The zero-order valence-electron chi connectivity index (χ0n) is 13.4. The molecule has 0 aliphatic carbocycles. The van der Waals surface area contributed by atoms with Gasteiger partial charge in [0.15, 0.2) is 0 Å². The first-order chi connectivity index (χ1) is 11.0. The number of aromatic carboxylic acids is 1. The maximum absolute atomic E-state index is 12.7. The van der Waals surface area contributed by atoms with E-state index in [0.717, 1.165) is 6.42 Å². The van der Waals surface area contributed by atoms with Crippen LogP contribution in [0.5, 0.6) is 0 Å². The number of hydrogen-bond acceptors (Lipinski definition) is 4. The lowest BCUT2D eigenvalue weighted by atomic mass is 10.1. The molecule has 1 fully saturated rings. The Balaban J connectivity index is 2.22. The van der Waals surface area contributed by atoms with Gasteiger partial charge in [0.05, 0.1) is 0 Å². The van der Waals surface area contributed by atoms with Crippen LogP contribution in [0.1, 0.15) is 47.5 Å². The highest BCUT2D eigenvalue weighted by molar-refractivity contribution is 5.99. The van der Waals surface area contributed by atoms with E-state index in [1.165, 1.54) is 18.3 Å². The standard InChI is InChI=1S/C16H21N3O4/c1-3-18(4-2)15(21)13-6-5-9-19(13)14(20)11-7-8-17-12(10-11)16(22)23/h7-8,10,13H,3-6,9H2,1-2H3,(H,22,23). The molecular weight excluding hydrogens is 298 g/mol. The Morgan fingerprint density at radius 3 is 2.65 bits per heavy atom. The number of likely N-dealkylation sites (N-methyl/N-ethyl adjacent to an activating group) is 1. The third-order valence-corrected chi connectivity index (χ3v) is 4.10. The second kappa shape index (κ2) is 7.21. The number of pyridine rings is 1. The Labute approximate surface area is 134 Å². The van der Waals surface area contributed by atoms with Crippen LogP contribution in [-0.2, 0) is 4.79 Å². The second-order valence-electron chi connectivity index (χ2n) is 5.40. The van der Waals surface area contributed by atoms with Crippen molar-refractivity contribution in [1.82, 2.24) is 14.8 Å². The predicted octanol–water partition coefficient (Wildman–Crippen LogP) is 1.25. The molecule has 0 saturated carbocycles. The number of rotatable bonds is 5. The summed E-state index contributed by atoms with van der Waals surface area (Å²) in [5.41, 5.74) is 0.0679. The van der Waals surface area contributed by atoms with Gasteiger partial charge in [-0.1, -0.05) is 0 Å². The van der Waals surface area contributed by atoms with Gasteiger partial charge < -0.3 is 14.9 Å². The molecule has 2 amide bonds. The molecule has 0 spiro atoms. The predicted molar refractivity (Wildman–Crippen MR) is 83.2 cm³/mol. The van der Waals surface area contributed by atoms with Crippen LogP contribution in [0.3, 0.4) is 0 Å². The number of aromatic nitrogens is 1. The average molecular weight is 319 g/mol. The first-order valence-electron chi connectivity index (χ1n) is 7.78. The van der Waals surface area contributed by atoms with Crippen molar-refractivity contribution in [3.05, 3.63) is 29.6 Å². The highest BCUT2D eigenvalue weighted by Crippen LogP contribution is 2.22. The molecule has 1 atom stereocenters. The lowest BCUT2D eigenvalue weighted by molar-refractivity contribution is -0.134. The van der Waals surface area contributed by atoms with Crippen LogP contribution in [0, 0.1) is 0 Å². The Hall–Kier alpha value is -2.44. The molecule has 0 radical (unpaired) electrons. The van der Waals surface area contributed by atoms with Gasteiger partial charge in [-0.05, 0) is 38.8 Å². The monoisotopic (exact) mass is 319 g/mol. The van der Waals surface area contributed by atoms with Gasteiger partial charge in [-0.3, -0.25) is 9.59 Å². The third kappa shape index (κ3) is 3.49. The van der Waals surface area contributed by atoms with Crippen LogP contribution in [0.25, 0.3) is 0 Å². The summed E-state index contributed by atoms with van der Waals surface area (Å²) in [6.07, 6.45) is 2.70. The molecule has 7 heteroatoms. The van der Waals surface area contributed by atoms with Gasteiger partial charge in [-0.15, -0.1) is 0 Å². The number of amides is 2. The summed E-state index contributed by atoms with van der Waals surface area (Å²) in [7, 11) is 0. The van der Waals surface area contributed by atoms with Gasteiger partial charge in [0.1, 0.15) is 11.7 Å². The first kappa shape index (κ1) is 16.9. The first-order valence-corrected chi connectivity index (χ1v) is 7.78. The van der Waals surface area contributed by atoms with Crippen LogP contribution in [0.2, 0.25) is 0 Å². The van der Waals surface area contributed by atoms with E-state index in [1.54, 1.807) is 9.80 Å². The van der Waals surface area contributed by atoms with E-state index < -0.39 is 12.0 Å². The molecule has 1 unspecified atom stereocenters. The minimum absolute atomic E-state index is 0.0478. The van der Waals surface area contributed by atoms with E-state index in [2.05, 4.69) is 4.98 Å². The fraction of sp³-hybridized carbons (Fsp3) is 0.500. The molecule has 0 aromatic carbocycles. The minimum atomic E-state index is -1.18. The molecule has 23 heavy (non-hydrogen) atoms. The van der Waals surface area contributed by atoms with Crippen molar-refractivity contribution >= 4 is 17.8 Å². The summed E-state index contributed by atoms with van der Waals surface area (Å²) in [5, 5.41) is 8.99. The lowest BCUT2D eigenvalue weighted by Crippen LogP contribution is -2.47. The van der Waals surface area contributed by atoms with E-state index >= 15 is 0 Å². The highest BCUT2D eigenvalue weighted by atomic mass is 16.4. The van der Waals surface area contributed by atoms with Crippen LogP contribution in [-0.4, -0.2) is 63.4 Å². The maximum atomic E-state index is 12.7. The molecule has 1 N–H and O–H groups in total. The quantitative estimate of drug-likeness (QED) is 0.882. The van der Waals surface area contributed by atoms with E-state index in [-0.39, 0.29) is 23.1 Å². The van der Waals surface area contributed by atoms with Crippen LogP contribution in [0.15, 0.2) is 18.3 Å². The molecule has 1 aliphatic rings. The number of hydrogen-bond donors (Lipinski definition) is 1. The van der Waals surface area contributed by atoms with Crippen LogP contribution in [0.4, 0.5) is 0 Å². The zero-order valence-corrected chi connectivity index (χ0v) is 13.4. The summed E-state index contributed by atoms with van der Waals surface area (Å²) in [6, 6.07) is 2.26. The van der Waals surface area contributed by atoms with Gasteiger partial charge in [-0.2, -0.15) is 0 Å². The topological polar surface area (TPSA) is 90.8 Å². The maximum Gasteiger partial charge on any atom is 0.354 e. The van der Waals surface area contributed by atoms with Crippen molar-refractivity contribution in [2.24, 2.45) is 0 Å². The number of carbonyl (C=O) groups excluding carboxylic acids is 2. The summed E-state index contributed by atoms with van der Waals surface area (Å²) in [4.78, 5) is 43.2. The molecule has 0 bridgehead atoms. The van der Waals surface area contributed by atoms with Crippen LogP contribution < -0.4 is 0 Å². The number of carboxylic acid groups (broad SMARTS) is 1. The molecule has 2 heterocycles. The summed E-state index contributed by atoms with van der Waals surface area (Å²) < 4.78 is 0. The summed E-state index contributed by atoms with van der Waals surface area (Å²) in [5.74, 6) is -1.55. The summed E-state index contributed by atoms with van der Waals surface area (Å²) >= 11 is 0. The van der Waals surface area contributed by atoms with E-state index in [9.17, 15) is 14.4 Å². The van der Waals surface area contributed by atoms with Crippen molar-refractivity contribution in [2.45, 2.75) is 32.7 Å². The fourth-order valence-electron chi connectivity index (χ4n) is 2.86. The zero-order chi connectivity index (χ0) is 17.0. The number of carbonyl (C=O) groups is 3. The Morgan fingerprint density at radius 1 is 1.35 bits per heavy atom. The normalized spacial score (nSPS) is 17.1. The minimum Gasteiger partial charge on any atom is -0.477 e. The van der Waals surface area contributed by atoms with Crippen molar-refractivity contribution in [3.8, 4) is 0 Å². The lowest BCUT2D eigenvalue weighted by Gasteiger charge is -2.29. The fourth-order valence-corrected chi connectivity index (χ4v) is 2.86. The number of nitrogens with zero attached hydrogens (tertiary/aromatic N) is 3. The largest absolute Gasteiger partial charge is 0.477 e. The number of likely N-dealkylation sites (tertiary alicyclic amines) is 1. The van der Waals surface area contributed by atoms with Gasteiger partial charge in [0.25, 0.3) is 5.91 Å². The molecule has 1 aromatic heterocycles. The van der Waals surface area contributed by atoms with Gasteiger partial charge in [0, 0.05) is 31.4 Å². The van der Waals surface area contributed by atoms with E-state index in [0.29, 0.717) is 26.1 Å². The van der Waals surface area contributed by atoms with Crippen molar-refractivity contribution in [3.63, 3.8) is 0 Å². The molecule has 124 valence electrons. The average Bonchev–Trinajstić information content (AvgIpc) is 3.04. The Morgan fingerprint density at radius 2 is 2.04 bits per heavy atom. The van der Waals surface area contributed by atoms with Gasteiger partial charge in [0.2, 0.25) is 5.91 Å². The third-order valence-electron chi connectivity index (χ3n) is 4.10. The van der Waals surface area contributed by atoms with Gasteiger partial charge in [-0.25, -0.2) is 9.78 Å². The molecular formula is C16H21N3O4. The van der Waals surface area contributed by atoms with Crippen molar-refractivity contribution in [2.75, 3.05) is 19.6 Å². The Bertz CT molecular complexity index is 613. The van der Waals surface area contributed by atoms with Crippen LogP contribution >= 0.6 is 0 Å². The van der Waals surface area contributed by atoms with E-state index in [4.69, 9.17) is 5.11 Å². The smallest absolute Gasteiger partial charge is 0.354 e. The van der Waals surface area contributed by atoms with Crippen molar-refractivity contribution in [1.29, 1.82) is 0 Å². The molecule has 1 saturated heterocycles. The van der Waals surface area contributed by atoms with Crippen molar-refractivity contribution < 1.29 is 19.5 Å². The summed E-state index contributed by atoms with van der Waals surface area (Å²) in [6.45, 7) is 5.52. The van der Waals surface area contributed by atoms with Gasteiger partial charge >= 0.3 is 5.97 Å². The highest BCUT2D eigenvalue weighted by Gasteiger charge is 2.36. The second-order valence-corrected chi connectivity index (χ2v) is 5.40. The SMILES string of the molecule is CCN(CC)C(=O)C1CCCN1C(=O)c1ccnc(C(=O)O)c1. The van der Waals surface area contributed by atoms with E-state index in [1.807, 2.05) is 13.8 Å².